The molecule has 1 saturated heterocycles. The molecule has 0 amide bonds. The average molecular weight is 487 g/mol. The molecule has 1 aliphatic heterocycles. The van der Waals surface area contributed by atoms with Gasteiger partial charge >= 0.3 is 5.97 Å². The van der Waals surface area contributed by atoms with Crippen molar-refractivity contribution in [1.82, 2.24) is 9.29 Å². The van der Waals surface area contributed by atoms with E-state index in [0.717, 1.165) is 4.31 Å². The summed E-state index contributed by atoms with van der Waals surface area (Å²) < 4.78 is 51.4. The Morgan fingerprint density at radius 2 is 1.82 bits per heavy atom. The first-order chi connectivity index (χ1) is 16.3. The number of ether oxygens (including phenoxy) is 1. The van der Waals surface area contributed by atoms with Crippen LogP contribution in [0.4, 0.5) is 4.39 Å². The molecule has 178 valence electrons. The Morgan fingerprint density at radius 1 is 1.12 bits per heavy atom. The summed E-state index contributed by atoms with van der Waals surface area (Å²) in [6, 6.07) is 10.3. The van der Waals surface area contributed by atoms with E-state index in [0.29, 0.717) is 36.1 Å². The molecule has 0 bridgehead atoms. The average Bonchev–Trinajstić information content (AvgIpc) is 3.32. The molecule has 1 atom stereocenters. The highest BCUT2D eigenvalue weighted by atomic mass is 32.2. The van der Waals surface area contributed by atoms with Crippen LogP contribution in [0.1, 0.15) is 42.2 Å². The number of carbonyl (C=O) groups excluding carboxylic acids is 2. The molecule has 4 rings (SSSR count). The molecule has 0 radical (unpaired) electrons. The van der Waals surface area contributed by atoms with Crippen LogP contribution in [0.2, 0.25) is 0 Å². The first-order valence-electron chi connectivity index (χ1n) is 10.8. The Kier molecular flexibility index (Phi) is 6.90. The first-order valence-corrected chi connectivity index (χ1v) is 12.2. The summed E-state index contributed by atoms with van der Waals surface area (Å²) in [5, 5.41) is 0. The van der Waals surface area contributed by atoms with Gasteiger partial charge in [0.15, 0.2) is 5.78 Å². The van der Waals surface area contributed by atoms with E-state index in [1.807, 2.05) is 0 Å². The lowest BCUT2D eigenvalue weighted by molar-refractivity contribution is -0.150. The van der Waals surface area contributed by atoms with Crippen LogP contribution >= 0.6 is 0 Å². The number of piperidine rings is 1. The third kappa shape index (κ3) is 5.07. The van der Waals surface area contributed by atoms with Gasteiger partial charge in [0.1, 0.15) is 30.4 Å². The lowest BCUT2D eigenvalue weighted by Crippen LogP contribution is -2.48. The minimum atomic E-state index is -3.96. The van der Waals surface area contributed by atoms with E-state index in [9.17, 15) is 22.4 Å². The predicted octanol–water partition coefficient (Wildman–Crippen LogP) is 3.97. The maximum Gasteiger partial charge on any atom is 0.324 e. The number of benzene rings is 2. The van der Waals surface area contributed by atoms with E-state index in [2.05, 4.69) is 4.98 Å². The van der Waals surface area contributed by atoms with Gasteiger partial charge in [-0.25, -0.2) is 17.8 Å². The van der Waals surface area contributed by atoms with Crippen LogP contribution in [-0.2, 0) is 26.2 Å². The number of nitrogens with zero attached hydrogens (tertiary/aromatic N) is 2. The summed E-state index contributed by atoms with van der Waals surface area (Å²) in [7, 11) is -3.96. The molecule has 1 fully saturated rings. The van der Waals surface area contributed by atoms with Crippen molar-refractivity contribution in [3.63, 3.8) is 0 Å². The molecule has 1 aliphatic rings. The number of halogens is 1. The zero-order chi connectivity index (χ0) is 24.3. The fourth-order valence-electron chi connectivity index (χ4n) is 3.76. The number of oxazole rings is 1. The van der Waals surface area contributed by atoms with E-state index in [4.69, 9.17) is 9.15 Å². The number of carbonyl (C=O) groups is 2. The van der Waals surface area contributed by atoms with Crippen molar-refractivity contribution in [2.75, 3.05) is 6.54 Å². The van der Waals surface area contributed by atoms with Crippen molar-refractivity contribution in [3.05, 3.63) is 71.9 Å². The number of hydrogen-bond donors (Lipinski definition) is 0. The third-order valence-electron chi connectivity index (χ3n) is 5.60. The molecule has 1 aromatic heterocycles. The minimum absolute atomic E-state index is 0.0117. The molecule has 2 heterocycles. The van der Waals surface area contributed by atoms with E-state index in [1.165, 1.54) is 61.7 Å². The van der Waals surface area contributed by atoms with Crippen molar-refractivity contribution in [2.24, 2.45) is 0 Å². The highest BCUT2D eigenvalue weighted by Gasteiger charge is 2.38. The maximum absolute atomic E-state index is 13.2. The second-order valence-electron chi connectivity index (χ2n) is 7.97. The quantitative estimate of drug-likeness (QED) is 0.367. The predicted molar refractivity (Wildman–Crippen MR) is 120 cm³/mol. The van der Waals surface area contributed by atoms with Gasteiger partial charge in [-0.1, -0.05) is 12.1 Å². The molecule has 10 heteroatoms. The number of aromatic nitrogens is 1. The fraction of sp³-hybridized carbons (Fsp3) is 0.292. The first kappa shape index (κ1) is 23.8. The number of Topliss-reactive ketones (excluding diaryl/α,β-unsaturated/α-hetero) is 1. The summed E-state index contributed by atoms with van der Waals surface area (Å²) in [4.78, 5) is 28.6. The van der Waals surface area contributed by atoms with Gasteiger partial charge in [-0.2, -0.15) is 4.31 Å². The SMILES string of the molecule is CC(=O)c1ccc(S(=O)(=O)N2CCCCC2C(=O)OCc2coc(-c3ccc(F)cc3)n2)cc1. The lowest BCUT2D eigenvalue weighted by Gasteiger charge is -2.33. The van der Waals surface area contributed by atoms with E-state index in [-0.39, 0.29) is 35.5 Å². The summed E-state index contributed by atoms with van der Waals surface area (Å²) in [5.74, 6) is -0.970. The lowest BCUT2D eigenvalue weighted by atomic mass is 10.1. The van der Waals surface area contributed by atoms with Gasteiger partial charge in [-0.15, -0.1) is 0 Å². The van der Waals surface area contributed by atoms with Crippen LogP contribution in [0.25, 0.3) is 11.5 Å². The second kappa shape index (κ2) is 9.86. The zero-order valence-electron chi connectivity index (χ0n) is 18.4. The smallest absolute Gasteiger partial charge is 0.324 e. The Morgan fingerprint density at radius 3 is 2.50 bits per heavy atom. The van der Waals surface area contributed by atoms with Crippen molar-refractivity contribution < 1.29 is 31.6 Å². The van der Waals surface area contributed by atoms with Crippen molar-refractivity contribution in [2.45, 2.75) is 43.7 Å². The number of hydrogen-bond acceptors (Lipinski definition) is 7. The molecule has 3 aromatic rings. The standard InChI is InChI=1S/C24H23FN2O6S/c1-16(28)17-7-11-21(12-8-17)34(30,31)27-13-3-2-4-22(27)24(29)33-15-20-14-32-23(26-20)18-5-9-19(25)10-6-18/h5-12,14,22H,2-4,13,15H2,1H3. The second-order valence-corrected chi connectivity index (χ2v) is 9.86. The Labute approximate surface area is 196 Å². The number of ketones is 1. The van der Waals surface area contributed by atoms with Crippen LogP contribution in [0.5, 0.6) is 0 Å². The largest absolute Gasteiger partial charge is 0.458 e. The van der Waals surface area contributed by atoms with E-state index in [1.54, 1.807) is 0 Å². The van der Waals surface area contributed by atoms with Gasteiger partial charge in [-0.05, 0) is 62.6 Å². The maximum atomic E-state index is 13.2. The molecular weight excluding hydrogens is 463 g/mol. The topological polar surface area (TPSA) is 107 Å². The number of rotatable bonds is 7. The van der Waals surface area contributed by atoms with Crippen molar-refractivity contribution >= 4 is 21.8 Å². The summed E-state index contributed by atoms with van der Waals surface area (Å²) >= 11 is 0. The molecular formula is C24H23FN2O6S. The molecule has 34 heavy (non-hydrogen) atoms. The van der Waals surface area contributed by atoms with Crippen LogP contribution in [0.3, 0.4) is 0 Å². The highest BCUT2D eigenvalue weighted by Crippen LogP contribution is 2.27. The number of esters is 1. The fourth-order valence-corrected chi connectivity index (χ4v) is 5.41. The zero-order valence-corrected chi connectivity index (χ0v) is 19.3. The Bertz CT molecular complexity index is 1290. The van der Waals surface area contributed by atoms with Gasteiger partial charge in [0.2, 0.25) is 15.9 Å². The van der Waals surface area contributed by atoms with Crippen molar-refractivity contribution in [3.8, 4) is 11.5 Å². The minimum Gasteiger partial charge on any atom is -0.458 e. The molecule has 0 aliphatic carbocycles. The molecule has 2 aromatic carbocycles. The van der Waals surface area contributed by atoms with Crippen molar-refractivity contribution in [1.29, 1.82) is 0 Å². The normalized spacial score (nSPS) is 16.8. The van der Waals surface area contributed by atoms with Crippen LogP contribution in [0.15, 0.2) is 64.1 Å². The van der Waals surface area contributed by atoms with Gasteiger partial charge in [0.05, 0.1) is 4.90 Å². The van der Waals surface area contributed by atoms with E-state index >= 15 is 0 Å². The van der Waals surface area contributed by atoms with Gasteiger partial charge in [0, 0.05) is 17.7 Å². The third-order valence-corrected chi connectivity index (χ3v) is 7.52. The molecule has 0 spiro atoms. The molecule has 0 saturated carbocycles. The number of sulfonamides is 1. The molecule has 1 unspecified atom stereocenters. The summed E-state index contributed by atoms with van der Waals surface area (Å²) in [5.41, 5.74) is 1.32. The Balaban J connectivity index is 1.45. The molecule has 0 N–H and O–H groups in total. The summed E-state index contributed by atoms with van der Waals surface area (Å²) in [6.07, 6.45) is 2.98. The van der Waals surface area contributed by atoms with Crippen LogP contribution in [0, 0.1) is 5.82 Å². The van der Waals surface area contributed by atoms with Crippen LogP contribution in [-0.4, -0.2) is 42.0 Å². The summed E-state index contributed by atoms with van der Waals surface area (Å²) in [6.45, 7) is 1.40. The van der Waals surface area contributed by atoms with Gasteiger partial charge < -0.3 is 9.15 Å². The molecule has 8 nitrogen and oxygen atoms in total. The van der Waals surface area contributed by atoms with Crippen LogP contribution < -0.4 is 0 Å². The van der Waals surface area contributed by atoms with E-state index < -0.39 is 22.0 Å². The Hall–Kier alpha value is -3.37. The monoisotopic (exact) mass is 486 g/mol. The highest BCUT2D eigenvalue weighted by molar-refractivity contribution is 7.89. The van der Waals surface area contributed by atoms with Gasteiger partial charge in [0.25, 0.3) is 0 Å². The van der Waals surface area contributed by atoms with Gasteiger partial charge in [-0.3, -0.25) is 9.59 Å².